The van der Waals surface area contributed by atoms with Crippen molar-refractivity contribution in [1.82, 2.24) is 20.3 Å². The maximum Gasteiger partial charge on any atom is 0.231 e. The van der Waals surface area contributed by atoms with Crippen molar-refractivity contribution in [1.29, 1.82) is 0 Å². The first-order valence-electron chi connectivity index (χ1n) is 6.38. The highest BCUT2D eigenvalue weighted by atomic mass is 35.5. The van der Waals surface area contributed by atoms with Crippen LogP contribution in [0.15, 0.2) is 0 Å². The first-order valence-corrected chi connectivity index (χ1v) is 6.75. The molecule has 0 spiro atoms. The van der Waals surface area contributed by atoms with Crippen LogP contribution >= 0.6 is 11.6 Å². The van der Waals surface area contributed by atoms with E-state index in [2.05, 4.69) is 25.6 Å². The molecule has 0 aromatic carbocycles. The van der Waals surface area contributed by atoms with Crippen LogP contribution in [0.5, 0.6) is 0 Å². The van der Waals surface area contributed by atoms with E-state index >= 15 is 0 Å². The summed E-state index contributed by atoms with van der Waals surface area (Å²) in [5, 5.41) is 5.82. The zero-order valence-corrected chi connectivity index (χ0v) is 12.0. The smallest absolute Gasteiger partial charge is 0.231 e. The molecule has 1 aliphatic heterocycles. The number of rotatable bonds is 5. The minimum atomic E-state index is -0.0746. The normalized spacial score (nSPS) is 15.0. The third-order valence-electron chi connectivity index (χ3n) is 2.67. The van der Waals surface area contributed by atoms with Crippen molar-refractivity contribution >= 4 is 29.4 Å². The van der Waals surface area contributed by atoms with Crippen LogP contribution < -0.4 is 15.5 Å². The van der Waals surface area contributed by atoms with Gasteiger partial charge in [0.2, 0.25) is 23.1 Å². The Kier molecular flexibility index (Phi) is 5.31. The zero-order valence-electron chi connectivity index (χ0n) is 11.2. The van der Waals surface area contributed by atoms with E-state index in [1.165, 1.54) is 6.92 Å². The van der Waals surface area contributed by atoms with Crippen molar-refractivity contribution in [3.63, 3.8) is 0 Å². The Morgan fingerprint density at radius 3 is 2.75 bits per heavy atom. The van der Waals surface area contributed by atoms with Crippen LogP contribution in [0.2, 0.25) is 5.28 Å². The van der Waals surface area contributed by atoms with Gasteiger partial charge in [-0.1, -0.05) is 0 Å². The number of carbonyl (C=O) groups excluding carboxylic acids is 1. The number of halogens is 1. The molecule has 0 radical (unpaired) electrons. The minimum absolute atomic E-state index is 0.0746. The van der Waals surface area contributed by atoms with Crippen LogP contribution in [0.25, 0.3) is 0 Å². The Morgan fingerprint density at radius 1 is 1.30 bits per heavy atom. The van der Waals surface area contributed by atoms with Gasteiger partial charge in [-0.2, -0.15) is 15.0 Å². The summed E-state index contributed by atoms with van der Waals surface area (Å²) in [6.45, 7) is 5.23. The Balaban J connectivity index is 1.95. The molecule has 110 valence electrons. The highest BCUT2D eigenvalue weighted by molar-refractivity contribution is 6.28. The van der Waals surface area contributed by atoms with Gasteiger partial charge in [-0.05, 0) is 11.6 Å². The highest BCUT2D eigenvalue weighted by Crippen LogP contribution is 2.14. The molecule has 2 N–H and O–H groups in total. The molecule has 20 heavy (non-hydrogen) atoms. The highest BCUT2D eigenvalue weighted by Gasteiger charge is 2.15. The van der Waals surface area contributed by atoms with Crippen molar-refractivity contribution in [3.05, 3.63) is 5.28 Å². The van der Waals surface area contributed by atoms with E-state index in [9.17, 15) is 4.79 Å². The quantitative estimate of drug-likeness (QED) is 0.734. The lowest BCUT2D eigenvalue weighted by Crippen LogP contribution is -2.37. The molecule has 0 aliphatic carbocycles. The van der Waals surface area contributed by atoms with E-state index in [-0.39, 0.29) is 11.2 Å². The summed E-state index contributed by atoms with van der Waals surface area (Å²) in [6.07, 6.45) is 0. The van der Waals surface area contributed by atoms with Crippen molar-refractivity contribution in [3.8, 4) is 0 Å². The molecule has 1 aromatic heterocycles. The second kappa shape index (κ2) is 7.20. The van der Waals surface area contributed by atoms with Gasteiger partial charge in [-0.15, -0.1) is 0 Å². The van der Waals surface area contributed by atoms with E-state index in [0.717, 1.165) is 13.1 Å². The number of hydrogen-bond acceptors (Lipinski definition) is 7. The van der Waals surface area contributed by atoms with Crippen molar-refractivity contribution in [2.75, 3.05) is 49.6 Å². The van der Waals surface area contributed by atoms with Crippen LogP contribution in [0.4, 0.5) is 11.9 Å². The number of ether oxygens (including phenoxy) is 1. The van der Waals surface area contributed by atoms with Crippen molar-refractivity contribution in [2.24, 2.45) is 0 Å². The molecule has 8 nitrogen and oxygen atoms in total. The fourth-order valence-electron chi connectivity index (χ4n) is 1.74. The molecule has 2 heterocycles. The zero-order chi connectivity index (χ0) is 14.4. The second-order valence-electron chi connectivity index (χ2n) is 4.24. The first kappa shape index (κ1) is 14.7. The molecule has 2 rings (SSSR count). The second-order valence-corrected chi connectivity index (χ2v) is 4.58. The molecule has 1 fully saturated rings. The van der Waals surface area contributed by atoms with Crippen molar-refractivity contribution in [2.45, 2.75) is 6.92 Å². The van der Waals surface area contributed by atoms with E-state index < -0.39 is 0 Å². The number of nitrogens with one attached hydrogen (secondary N) is 2. The summed E-state index contributed by atoms with van der Waals surface area (Å²) >= 11 is 5.90. The fourth-order valence-corrected chi connectivity index (χ4v) is 1.89. The Morgan fingerprint density at radius 2 is 2.05 bits per heavy atom. The van der Waals surface area contributed by atoms with Crippen LogP contribution in [0.3, 0.4) is 0 Å². The third kappa shape index (κ3) is 4.46. The number of carbonyl (C=O) groups is 1. The SMILES string of the molecule is CC(=O)NCCNc1nc(Cl)nc(N2CCOCC2)n1. The summed E-state index contributed by atoms with van der Waals surface area (Å²) in [5.41, 5.74) is 0. The summed E-state index contributed by atoms with van der Waals surface area (Å²) in [5.74, 6) is 0.863. The lowest BCUT2D eigenvalue weighted by molar-refractivity contribution is -0.118. The summed E-state index contributed by atoms with van der Waals surface area (Å²) in [4.78, 5) is 25.2. The third-order valence-corrected chi connectivity index (χ3v) is 2.84. The van der Waals surface area contributed by atoms with Gasteiger partial charge < -0.3 is 20.3 Å². The fraction of sp³-hybridized carbons (Fsp3) is 0.636. The van der Waals surface area contributed by atoms with Gasteiger partial charge in [0.15, 0.2) is 0 Å². The number of nitrogens with zero attached hydrogens (tertiary/aromatic N) is 4. The van der Waals surface area contributed by atoms with E-state index in [4.69, 9.17) is 16.3 Å². The number of anilines is 2. The van der Waals surface area contributed by atoms with Crippen LogP contribution in [0, 0.1) is 0 Å². The summed E-state index contributed by atoms with van der Waals surface area (Å²) in [7, 11) is 0. The van der Waals surface area contributed by atoms with Gasteiger partial charge in [-0.25, -0.2) is 0 Å². The van der Waals surface area contributed by atoms with Gasteiger partial charge in [0, 0.05) is 33.1 Å². The average molecular weight is 301 g/mol. The van der Waals surface area contributed by atoms with Crippen LogP contribution in [-0.4, -0.2) is 60.3 Å². The average Bonchev–Trinajstić information content (AvgIpc) is 2.44. The lowest BCUT2D eigenvalue weighted by Gasteiger charge is -2.26. The standard InChI is InChI=1S/C11H17ClN6O2/c1-8(19)13-2-3-14-10-15-9(12)16-11(17-10)18-4-6-20-7-5-18/h2-7H2,1H3,(H,13,19)(H,14,15,16,17). The Hall–Kier alpha value is -1.67. The molecule has 0 bridgehead atoms. The maximum absolute atomic E-state index is 10.8. The Bertz CT molecular complexity index is 466. The van der Waals surface area contributed by atoms with E-state index in [1.807, 2.05) is 4.90 Å². The Labute approximate surface area is 121 Å². The maximum atomic E-state index is 10.8. The van der Waals surface area contributed by atoms with Crippen LogP contribution in [0.1, 0.15) is 6.92 Å². The summed E-state index contributed by atoms with van der Waals surface area (Å²) < 4.78 is 5.28. The van der Waals surface area contributed by atoms with Gasteiger partial charge >= 0.3 is 0 Å². The van der Waals surface area contributed by atoms with Gasteiger partial charge in [0.25, 0.3) is 0 Å². The van der Waals surface area contributed by atoms with Gasteiger partial charge in [0.05, 0.1) is 13.2 Å². The molecule has 0 unspecified atom stereocenters. The molecule has 1 aliphatic rings. The van der Waals surface area contributed by atoms with E-state index in [1.54, 1.807) is 0 Å². The predicted octanol–water partition coefficient (Wildman–Crippen LogP) is -0.0904. The predicted molar refractivity (Wildman–Crippen MR) is 75.0 cm³/mol. The first-order chi connectivity index (χ1) is 9.65. The lowest BCUT2D eigenvalue weighted by atomic mass is 10.4. The molecule has 0 atom stereocenters. The molecule has 1 saturated heterocycles. The minimum Gasteiger partial charge on any atom is -0.378 e. The number of aromatic nitrogens is 3. The van der Waals surface area contributed by atoms with Crippen molar-refractivity contribution < 1.29 is 9.53 Å². The van der Waals surface area contributed by atoms with E-state index in [0.29, 0.717) is 38.2 Å². The largest absolute Gasteiger partial charge is 0.378 e. The number of hydrogen-bond donors (Lipinski definition) is 2. The summed E-state index contributed by atoms with van der Waals surface area (Å²) in [6, 6.07) is 0. The molecule has 0 saturated carbocycles. The molecule has 1 aromatic rings. The van der Waals surface area contributed by atoms with Gasteiger partial charge in [-0.3, -0.25) is 4.79 Å². The van der Waals surface area contributed by atoms with Gasteiger partial charge in [0.1, 0.15) is 0 Å². The van der Waals surface area contributed by atoms with Crippen LogP contribution in [-0.2, 0) is 9.53 Å². The number of morpholine rings is 1. The molecular weight excluding hydrogens is 284 g/mol. The topological polar surface area (TPSA) is 92.3 Å². The monoisotopic (exact) mass is 300 g/mol. The molecule has 1 amide bonds. The molecular formula is C11H17ClN6O2. The molecule has 9 heteroatoms. The number of amides is 1.